The molecule has 0 aliphatic heterocycles. The maximum atomic E-state index is 13.4. The predicted molar refractivity (Wildman–Crippen MR) is 75.4 cm³/mol. The Morgan fingerprint density at radius 2 is 2.16 bits per heavy atom. The van der Waals surface area contributed by atoms with Gasteiger partial charge < -0.3 is 4.74 Å². The molecule has 1 aromatic heterocycles. The van der Waals surface area contributed by atoms with Crippen molar-refractivity contribution in [2.45, 2.75) is 11.2 Å². The molecule has 1 unspecified atom stereocenters. The van der Waals surface area contributed by atoms with Gasteiger partial charge in [0.15, 0.2) is 0 Å². The molecule has 100 valence electrons. The van der Waals surface area contributed by atoms with Crippen LogP contribution in [-0.2, 0) is 6.42 Å². The van der Waals surface area contributed by atoms with Crippen LogP contribution in [0.3, 0.4) is 0 Å². The van der Waals surface area contributed by atoms with Crippen LogP contribution >= 0.6 is 27.5 Å². The Balaban J connectivity index is 2.15. The number of nitrogens with zero attached hydrogens (tertiary/aromatic N) is 2. The lowest BCUT2D eigenvalue weighted by Gasteiger charge is -2.10. The summed E-state index contributed by atoms with van der Waals surface area (Å²) in [6.07, 6.45) is 2.04. The molecule has 0 fully saturated rings. The highest BCUT2D eigenvalue weighted by atomic mass is 79.9. The normalized spacial score (nSPS) is 12.2. The van der Waals surface area contributed by atoms with Crippen LogP contribution in [0.5, 0.6) is 5.88 Å². The molecule has 6 heteroatoms. The average Bonchev–Trinajstić information content (AvgIpc) is 2.42. The molecule has 0 aliphatic carbocycles. The zero-order valence-corrected chi connectivity index (χ0v) is 12.4. The molecule has 0 saturated heterocycles. The summed E-state index contributed by atoms with van der Waals surface area (Å²) in [5.74, 6) is 0.0795. The number of hydrogen-bond donors (Lipinski definition) is 0. The molecule has 0 radical (unpaired) electrons. The van der Waals surface area contributed by atoms with Crippen LogP contribution in [-0.4, -0.2) is 17.1 Å². The fourth-order valence-corrected chi connectivity index (χ4v) is 2.34. The molecule has 19 heavy (non-hydrogen) atoms. The molecule has 2 rings (SSSR count). The van der Waals surface area contributed by atoms with E-state index in [1.165, 1.54) is 12.4 Å². The fourth-order valence-electron chi connectivity index (χ4n) is 1.61. The lowest BCUT2D eigenvalue weighted by atomic mass is 10.1. The van der Waals surface area contributed by atoms with Crippen molar-refractivity contribution < 1.29 is 9.13 Å². The minimum absolute atomic E-state index is 0.0566. The van der Waals surface area contributed by atoms with E-state index in [9.17, 15) is 4.39 Å². The van der Waals surface area contributed by atoms with Gasteiger partial charge in [-0.3, -0.25) is 0 Å². The highest BCUT2D eigenvalue weighted by Gasteiger charge is 2.12. The van der Waals surface area contributed by atoms with Gasteiger partial charge in [-0.15, -0.1) is 0 Å². The van der Waals surface area contributed by atoms with Crippen LogP contribution in [0.1, 0.15) is 16.1 Å². The summed E-state index contributed by atoms with van der Waals surface area (Å²) in [4.78, 5) is 8.03. The number of hydrogen-bond acceptors (Lipinski definition) is 3. The van der Waals surface area contributed by atoms with E-state index in [2.05, 4.69) is 25.9 Å². The van der Waals surface area contributed by atoms with Gasteiger partial charge in [0.25, 0.3) is 0 Å². The summed E-state index contributed by atoms with van der Waals surface area (Å²) in [6.45, 7) is 0. The van der Waals surface area contributed by atoms with Gasteiger partial charge in [0.05, 0.1) is 12.1 Å². The molecular weight excluding hydrogens is 335 g/mol. The van der Waals surface area contributed by atoms with Gasteiger partial charge in [0.1, 0.15) is 12.1 Å². The van der Waals surface area contributed by atoms with Crippen LogP contribution in [0.15, 0.2) is 30.6 Å². The Hall–Kier alpha value is -1.20. The highest BCUT2D eigenvalue weighted by Crippen LogP contribution is 2.29. The van der Waals surface area contributed by atoms with Crippen LogP contribution < -0.4 is 4.74 Å². The van der Waals surface area contributed by atoms with Crippen molar-refractivity contribution in [2.24, 2.45) is 0 Å². The van der Waals surface area contributed by atoms with Gasteiger partial charge in [-0.25, -0.2) is 14.4 Å². The number of aromatic nitrogens is 2. The second-order valence-electron chi connectivity index (χ2n) is 3.90. The monoisotopic (exact) mass is 344 g/mol. The summed E-state index contributed by atoms with van der Waals surface area (Å²) >= 11 is 9.17. The van der Waals surface area contributed by atoms with Crippen molar-refractivity contribution in [2.75, 3.05) is 7.11 Å². The number of rotatable bonds is 4. The summed E-state index contributed by atoms with van der Waals surface area (Å²) in [7, 11) is 1.55. The molecule has 1 atom stereocenters. The average molecular weight is 346 g/mol. The fraction of sp³-hybridized carbons (Fsp3) is 0.231. The van der Waals surface area contributed by atoms with Gasteiger partial charge in [0, 0.05) is 23.0 Å². The molecule has 1 heterocycles. The Morgan fingerprint density at radius 3 is 2.84 bits per heavy atom. The van der Waals surface area contributed by atoms with E-state index in [4.69, 9.17) is 16.3 Å². The minimum atomic E-state index is -0.427. The molecular formula is C13H11BrClFN2O. The number of alkyl halides is 1. The molecule has 0 amide bonds. The maximum absolute atomic E-state index is 13.4. The van der Waals surface area contributed by atoms with Gasteiger partial charge >= 0.3 is 0 Å². The second-order valence-corrected chi connectivity index (χ2v) is 5.41. The Kier molecular flexibility index (Phi) is 4.71. The summed E-state index contributed by atoms with van der Waals surface area (Å²) in [5.41, 5.74) is 1.61. The quantitative estimate of drug-likeness (QED) is 0.787. The SMILES string of the molecule is COc1cc(CC(Br)c2ccc(Cl)c(F)c2)ncn1. The van der Waals surface area contributed by atoms with E-state index in [1.807, 2.05) is 0 Å². The van der Waals surface area contributed by atoms with Crippen LogP contribution in [0.25, 0.3) is 0 Å². The first kappa shape index (κ1) is 14.2. The third-order valence-corrected chi connectivity index (χ3v) is 3.76. The molecule has 1 aromatic carbocycles. The summed E-state index contributed by atoms with van der Waals surface area (Å²) in [5, 5.41) is 0.118. The highest BCUT2D eigenvalue weighted by molar-refractivity contribution is 9.09. The van der Waals surface area contributed by atoms with Crippen LogP contribution in [0.2, 0.25) is 5.02 Å². The smallest absolute Gasteiger partial charge is 0.216 e. The predicted octanol–water partition coefficient (Wildman–Crippen LogP) is 3.96. The molecule has 2 aromatic rings. The van der Waals surface area contributed by atoms with Crippen LogP contribution in [0.4, 0.5) is 4.39 Å². The Morgan fingerprint density at radius 1 is 1.37 bits per heavy atom. The number of methoxy groups -OCH3 is 1. The molecule has 0 N–H and O–H groups in total. The zero-order chi connectivity index (χ0) is 13.8. The van der Waals surface area contributed by atoms with Crippen molar-refractivity contribution in [3.05, 3.63) is 52.7 Å². The molecule has 0 bridgehead atoms. The maximum Gasteiger partial charge on any atom is 0.216 e. The van der Waals surface area contributed by atoms with E-state index in [-0.39, 0.29) is 9.85 Å². The molecule has 0 spiro atoms. The van der Waals surface area contributed by atoms with Crippen molar-refractivity contribution in [1.29, 1.82) is 0 Å². The number of benzene rings is 1. The second kappa shape index (κ2) is 6.30. The van der Waals surface area contributed by atoms with Gasteiger partial charge in [0.2, 0.25) is 5.88 Å². The van der Waals surface area contributed by atoms with Crippen molar-refractivity contribution in [3.63, 3.8) is 0 Å². The molecule has 0 saturated carbocycles. The van der Waals surface area contributed by atoms with Crippen LogP contribution in [0, 0.1) is 5.82 Å². The first-order valence-corrected chi connectivity index (χ1v) is 6.83. The first-order chi connectivity index (χ1) is 9.10. The first-order valence-electron chi connectivity index (χ1n) is 5.54. The van der Waals surface area contributed by atoms with E-state index in [0.717, 1.165) is 11.3 Å². The topological polar surface area (TPSA) is 35.0 Å². The molecule has 3 nitrogen and oxygen atoms in total. The third-order valence-electron chi connectivity index (χ3n) is 2.60. The number of ether oxygens (including phenoxy) is 1. The third kappa shape index (κ3) is 3.64. The largest absolute Gasteiger partial charge is 0.481 e. The summed E-state index contributed by atoms with van der Waals surface area (Å²) < 4.78 is 18.4. The lowest BCUT2D eigenvalue weighted by Crippen LogP contribution is -2.00. The Labute approximate surface area is 123 Å². The lowest BCUT2D eigenvalue weighted by molar-refractivity contribution is 0.396. The van der Waals surface area contributed by atoms with E-state index in [1.54, 1.807) is 25.3 Å². The van der Waals surface area contributed by atoms with Crippen molar-refractivity contribution in [3.8, 4) is 5.88 Å². The summed E-state index contributed by atoms with van der Waals surface area (Å²) in [6, 6.07) is 6.49. The zero-order valence-electron chi connectivity index (χ0n) is 10.1. The Bertz CT molecular complexity index is 582. The van der Waals surface area contributed by atoms with Crippen molar-refractivity contribution in [1.82, 2.24) is 9.97 Å². The molecule has 0 aliphatic rings. The van der Waals surface area contributed by atoms with E-state index >= 15 is 0 Å². The van der Waals surface area contributed by atoms with Gasteiger partial charge in [-0.2, -0.15) is 0 Å². The van der Waals surface area contributed by atoms with Crippen molar-refractivity contribution >= 4 is 27.5 Å². The van der Waals surface area contributed by atoms with Gasteiger partial charge in [-0.1, -0.05) is 33.6 Å². The number of halogens is 3. The minimum Gasteiger partial charge on any atom is -0.481 e. The van der Waals surface area contributed by atoms with E-state index in [0.29, 0.717) is 12.3 Å². The standard InChI is InChI=1S/C13H11BrClFN2O/c1-19-13-6-9(17-7-18-13)5-10(14)8-2-3-11(15)12(16)4-8/h2-4,6-7,10H,5H2,1H3. The van der Waals surface area contributed by atoms with E-state index < -0.39 is 5.82 Å². The van der Waals surface area contributed by atoms with Gasteiger partial charge in [-0.05, 0) is 17.7 Å².